The Bertz CT molecular complexity index is 485. The van der Waals surface area contributed by atoms with E-state index in [0.717, 1.165) is 0 Å². The molecule has 1 aromatic heterocycles. The third-order valence-electron chi connectivity index (χ3n) is 2.35. The summed E-state index contributed by atoms with van der Waals surface area (Å²) in [6.45, 7) is 4.96. The minimum absolute atomic E-state index is 0.0522. The van der Waals surface area contributed by atoms with Gasteiger partial charge in [0.25, 0.3) is 5.24 Å². The number of hydrogen-bond donors (Lipinski definition) is 2. The molecule has 7 nitrogen and oxygen atoms in total. The van der Waals surface area contributed by atoms with Gasteiger partial charge in [-0.3, -0.25) is 4.79 Å². The van der Waals surface area contributed by atoms with E-state index >= 15 is 0 Å². The Labute approximate surface area is 133 Å². The summed E-state index contributed by atoms with van der Waals surface area (Å²) in [5.74, 6) is 1.74. The lowest BCUT2D eigenvalue weighted by Gasteiger charge is -2.16. The fraction of sp³-hybridized carbons (Fsp3) is 0.500. The van der Waals surface area contributed by atoms with Crippen LogP contribution in [0.3, 0.4) is 0 Å². The van der Waals surface area contributed by atoms with Crippen LogP contribution in [0.2, 0.25) is 0 Å². The van der Waals surface area contributed by atoms with Crippen molar-refractivity contribution in [3.8, 4) is 0 Å². The van der Waals surface area contributed by atoms with E-state index < -0.39 is 0 Å². The van der Waals surface area contributed by atoms with Crippen molar-refractivity contribution < 1.29 is 4.79 Å². The van der Waals surface area contributed by atoms with Gasteiger partial charge in [-0.05, 0) is 6.26 Å². The van der Waals surface area contributed by atoms with Gasteiger partial charge in [0.15, 0.2) is 5.16 Å². The molecule has 0 saturated carbocycles. The normalized spacial score (nSPS) is 10.0. The van der Waals surface area contributed by atoms with Crippen LogP contribution >= 0.6 is 23.5 Å². The standard InChI is InChI=1S/C12H20N6OS2/c1-5-7-18(3)10-15-9(16-11(17-10)20-4)14-6-8-21-12(19)13-2/h5H,1,6-8H2,2-4H3,(H,13,19)(H,14,15,16,17). The van der Waals surface area contributed by atoms with Crippen molar-refractivity contribution in [1.29, 1.82) is 0 Å². The molecule has 0 aliphatic rings. The summed E-state index contributed by atoms with van der Waals surface area (Å²) in [4.78, 5) is 26.0. The first-order chi connectivity index (χ1) is 10.1. The topological polar surface area (TPSA) is 83.0 Å². The molecule has 0 aliphatic heterocycles. The van der Waals surface area contributed by atoms with E-state index in [0.29, 0.717) is 35.9 Å². The fourth-order valence-corrected chi connectivity index (χ4v) is 2.23. The molecule has 0 radical (unpaired) electrons. The minimum atomic E-state index is -0.0522. The summed E-state index contributed by atoms with van der Waals surface area (Å²) < 4.78 is 0. The highest BCUT2D eigenvalue weighted by Crippen LogP contribution is 2.15. The van der Waals surface area contributed by atoms with Gasteiger partial charge >= 0.3 is 0 Å². The van der Waals surface area contributed by atoms with E-state index in [9.17, 15) is 4.79 Å². The van der Waals surface area contributed by atoms with Gasteiger partial charge in [-0.1, -0.05) is 29.6 Å². The first-order valence-corrected chi connectivity index (χ1v) is 8.52. The zero-order chi connectivity index (χ0) is 15.7. The van der Waals surface area contributed by atoms with Gasteiger partial charge in [-0.15, -0.1) is 6.58 Å². The molecule has 0 unspecified atom stereocenters. The molecule has 0 atom stereocenters. The summed E-state index contributed by atoms with van der Waals surface area (Å²) in [6, 6.07) is 0. The average Bonchev–Trinajstić information content (AvgIpc) is 2.51. The Morgan fingerprint density at radius 2 is 2.19 bits per heavy atom. The third kappa shape index (κ3) is 6.21. The number of carbonyl (C=O) groups excluding carboxylic acids is 1. The number of likely N-dealkylation sites (N-methyl/N-ethyl adjacent to an activating group) is 1. The van der Waals surface area contributed by atoms with Crippen molar-refractivity contribution in [2.75, 3.05) is 49.4 Å². The van der Waals surface area contributed by atoms with Crippen LogP contribution in [-0.4, -0.2) is 59.4 Å². The molecule has 0 fully saturated rings. The van der Waals surface area contributed by atoms with Crippen LogP contribution in [0.15, 0.2) is 17.8 Å². The summed E-state index contributed by atoms with van der Waals surface area (Å²) >= 11 is 2.67. The zero-order valence-electron chi connectivity index (χ0n) is 12.4. The summed E-state index contributed by atoms with van der Waals surface area (Å²) in [7, 11) is 3.51. The quantitative estimate of drug-likeness (QED) is 0.424. The van der Waals surface area contributed by atoms with E-state index in [1.165, 1.54) is 23.5 Å². The van der Waals surface area contributed by atoms with E-state index in [4.69, 9.17) is 0 Å². The van der Waals surface area contributed by atoms with Crippen molar-refractivity contribution >= 4 is 40.7 Å². The molecule has 9 heteroatoms. The molecule has 0 spiro atoms. The van der Waals surface area contributed by atoms with Crippen LogP contribution in [0.4, 0.5) is 16.7 Å². The molecule has 0 aliphatic carbocycles. The Kier molecular flexibility index (Phi) is 7.91. The van der Waals surface area contributed by atoms with Crippen molar-refractivity contribution in [1.82, 2.24) is 20.3 Å². The van der Waals surface area contributed by atoms with Crippen LogP contribution < -0.4 is 15.5 Å². The molecule has 0 aromatic carbocycles. The van der Waals surface area contributed by atoms with Gasteiger partial charge in [0.05, 0.1) is 0 Å². The lowest BCUT2D eigenvalue weighted by atomic mass is 10.5. The highest BCUT2D eigenvalue weighted by atomic mass is 32.2. The number of thioether (sulfide) groups is 2. The van der Waals surface area contributed by atoms with Gasteiger partial charge in [0.2, 0.25) is 11.9 Å². The SMILES string of the molecule is C=CCN(C)c1nc(NCCSC(=O)NC)nc(SC)n1. The first-order valence-electron chi connectivity index (χ1n) is 6.31. The number of aromatic nitrogens is 3. The van der Waals surface area contributed by atoms with Gasteiger partial charge in [0, 0.05) is 32.9 Å². The van der Waals surface area contributed by atoms with Crippen LogP contribution in [0.1, 0.15) is 0 Å². The van der Waals surface area contributed by atoms with Crippen molar-refractivity contribution in [2.24, 2.45) is 0 Å². The van der Waals surface area contributed by atoms with Crippen molar-refractivity contribution in [3.63, 3.8) is 0 Å². The molecule has 0 bridgehead atoms. The van der Waals surface area contributed by atoms with Crippen molar-refractivity contribution in [2.45, 2.75) is 5.16 Å². The largest absolute Gasteiger partial charge is 0.353 e. The molecule has 1 aromatic rings. The lowest BCUT2D eigenvalue weighted by molar-refractivity contribution is 0.262. The molecular weight excluding hydrogens is 308 g/mol. The zero-order valence-corrected chi connectivity index (χ0v) is 14.1. The monoisotopic (exact) mass is 328 g/mol. The second-order valence-electron chi connectivity index (χ2n) is 3.93. The third-order valence-corrected chi connectivity index (χ3v) is 3.77. The molecule has 0 saturated heterocycles. The van der Waals surface area contributed by atoms with Crippen molar-refractivity contribution in [3.05, 3.63) is 12.7 Å². The van der Waals surface area contributed by atoms with Gasteiger partial charge in [-0.25, -0.2) is 0 Å². The van der Waals surface area contributed by atoms with Crippen LogP contribution in [0.25, 0.3) is 0 Å². The summed E-state index contributed by atoms with van der Waals surface area (Å²) in [6.07, 6.45) is 3.70. The number of carbonyl (C=O) groups is 1. The highest BCUT2D eigenvalue weighted by Gasteiger charge is 2.09. The van der Waals surface area contributed by atoms with E-state index in [1.54, 1.807) is 13.1 Å². The Morgan fingerprint density at radius 1 is 1.43 bits per heavy atom. The summed E-state index contributed by atoms with van der Waals surface area (Å²) in [5.41, 5.74) is 0. The average molecular weight is 328 g/mol. The number of anilines is 2. The van der Waals surface area contributed by atoms with Crippen LogP contribution in [0, 0.1) is 0 Å². The van der Waals surface area contributed by atoms with E-state index in [2.05, 4.69) is 32.2 Å². The second-order valence-corrected chi connectivity index (χ2v) is 5.77. The van der Waals surface area contributed by atoms with E-state index in [-0.39, 0.29) is 5.24 Å². The Morgan fingerprint density at radius 3 is 2.81 bits per heavy atom. The molecule has 1 rings (SSSR count). The number of hydrogen-bond acceptors (Lipinski definition) is 8. The molecule has 1 heterocycles. The predicted octanol–water partition coefficient (Wildman–Crippen LogP) is 1.70. The maximum absolute atomic E-state index is 11.1. The minimum Gasteiger partial charge on any atom is -0.353 e. The molecule has 21 heavy (non-hydrogen) atoms. The maximum atomic E-state index is 11.1. The van der Waals surface area contributed by atoms with Gasteiger partial charge in [0.1, 0.15) is 0 Å². The summed E-state index contributed by atoms with van der Waals surface area (Å²) in [5, 5.41) is 6.26. The molecular formula is C12H20N6OS2. The van der Waals surface area contributed by atoms with Gasteiger partial charge < -0.3 is 15.5 Å². The van der Waals surface area contributed by atoms with Gasteiger partial charge in [-0.2, -0.15) is 15.0 Å². The first kappa shape index (κ1) is 17.6. The van der Waals surface area contributed by atoms with Crippen LogP contribution in [0.5, 0.6) is 0 Å². The Hall–Kier alpha value is -1.48. The number of amides is 1. The predicted molar refractivity (Wildman–Crippen MR) is 90.5 cm³/mol. The molecule has 2 N–H and O–H groups in total. The molecule has 1 amide bonds. The lowest BCUT2D eigenvalue weighted by Crippen LogP contribution is -2.21. The smallest absolute Gasteiger partial charge is 0.278 e. The molecule has 116 valence electrons. The maximum Gasteiger partial charge on any atom is 0.278 e. The number of nitrogens with one attached hydrogen (secondary N) is 2. The van der Waals surface area contributed by atoms with E-state index in [1.807, 2.05) is 18.2 Å². The fourth-order valence-electron chi connectivity index (χ4n) is 1.34. The van der Waals surface area contributed by atoms with Crippen LogP contribution in [-0.2, 0) is 0 Å². The second kappa shape index (κ2) is 9.46. The Balaban J connectivity index is 2.66. The highest BCUT2D eigenvalue weighted by molar-refractivity contribution is 8.13. The number of rotatable bonds is 8. The number of nitrogens with zero attached hydrogens (tertiary/aromatic N) is 4.